The number of benzene rings is 1. The van der Waals surface area contributed by atoms with Crippen LogP contribution in [0.25, 0.3) is 0 Å². The Bertz CT molecular complexity index is 378. The number of hydrogen-bond acceptors (Lipinski definition) is 4. The quantitative estimate of drug-likeness (QED) is 0.745. The SMILES string of the molecule is C[C@@H]1C[C@H](C)OP(=O)(Oc2ccccc2)O1. The first-order valence-electron chi connectivity index (χ1n) is 5.29. The van der Waals surface area contributed by atoms with E-state index in [1.807, 2.05) is 19.9 Å². The van der Waals surface area contributed by atoms with Gasteiger partial charge < -0.3 is 4.52 Å². The van der Waals surface area contributed by atoms with Crippen LogP contribution < -0.4 is 4.52 Å². The third-order valence-electron chi connectivity index (χ3n) is 2.24. The second kappa shape index (κ2) is 4.58. The Hall–Kier alpha value is -0.830. The van der Waals surface area contributed by atoms with Crippen LogP contribution in [0, 0.1) is 0 Å². The van der Waals surface area contributed by atoms with E-state index in [0.29, 0.717) is 5.75 Å². The molecule has 1 aliphatic heterocycles. The maximum Gasteiger partial charge on any atom is 0.530 e. The van der Waals surface area contributed by atoms with Crippen LogP contribution >= 0.6 is 7.82 Å². The van der Waals surface area contributed by atoms with Gasteiger partial charge in [-0.1, -0.05) is 18.2 Å². The van der Waals surface area contributed by atoms with Gasteiger partial charge in [-0.25, -0.2) is 4.57 Å². The smallest absolute Gasteiger partial charge is 0.404 e. The first kappa shape index (κ1) is 11.6. The summed E-state index contributed by atoms with van der Waals surface area (Å²) in [6.07, 6.45) is 0.499. The van der Waals surface area contributed by atoms with Crippen LogP contribution in [0.2, 0.25) is 0 Å². The summed E-state index contributed by atoms with van der Waals surface area (Å²) in [6.45, 7) is 3.72. The topological polar surface area (TPSA) is 44.8 Å². The molecule has 88 valence electrons. The number of para-hydroxylation sites is 1. The maximum atomic E-state index is 12.2. The van der Waals surface area contributed by atoms with E-state index in [1.165, 1.54) is 0 Å². The van der Waals surface area contributed by atoms with Crippen molar-refractivity contribution >= 4 is 7.82 Å². The Labute approximate surface area is 95.1 Å². The molecule has 0 bridgehead atoms. The van der Waals surface area contributed by atoms with E-state index in [9.17, 15) is 4.57 Å². The Morgan fingerprint density at radius 2 is 1.75 bits per heavy atom. The molecule has 16 heavy (non-hydrogen) atoms. The predicted molar refractivity (Wildman–Crippen MR) is 60.4 cm³/mol. The van der Waals surface area contributed by atoms with E-state index >= 15 is 0 Å². The van der Waals surface area contributed by atoms with Gasteiger partial charge in [0.2, 0.25) is 0 Å². The second-order valence-corrected chi connectivity index (χ2v) is 5.42. The van der Waals surface area contributed by atoms with E-state index in [-0.39, 0.29) is 12.2 Å². The Morgan fingerprint density at radius 1 is 1.19 bits per heavy atom. The molecule has 0 aromatic heterocycles. The van der Waals surface area contributed by atoms with Gasteiger partial charge in [-0.2, -0.15) is 0 Å². The van der Waals surface area contributed by atoms with E-state index in [1.54, 1.807) is 24.3 Å². The zero-order valence-electron chi connectivity index (χ0n) is 9.33. The van der Waals surface area contributed by atoms with Crippen LogP contribution in [0.15, 0.2) is 30.3 Å². The monoisotopic (exact) mass is 242 g/mol. The van der Waals surface area contributed by atoms with Crippen molar-refractivity contribution in [1.82, 2.24) is 0 Å². The summed E-state index contributed by atoms with van der Waals surface area (Å²) in [4.78, 5) is 0. The van der Waals surface area contributed by atoms with Crippen molar-refractivity contribution in [3.8, 4) is 5.75 Å². The van der Waals surface area contributed by atoms with Crippen LogP contribution in [-0.2, 0) is 13.6 Å². The number of rotatable bonds is 2. The molecule has 0 amide bonds. The Balaban J connectivity index is 2.11. The lowest BCUT2D eigenvalue weighted by Crippen LogP contribution is -2.25. The summed E-state index contributed by atoms with van der Waals surface area (Å²) in [5.74, 6) is 0.493. The first-order valence-corrected chi connectivity index (χ1v) is 6.75. The minimum absolute atomic E-state index is 0.113. The van der Waals surface area contributed by atoms with Crippen molar-refractivity contribution in [3.63, 3.8) is 0 Å². The summed E-state index contributed by atoms with van der Waals surface area (Å²) in [5, 5.41) is 0. The highest BCUT2D eigenvalue weighted by molar-refractivity contribution is 7.49. The molecule has 3 atom stereocenters. The fraction of sp³-hybridized carbons (Fsp3) is 0.455. The van der Waals surface area contributed by atoms with E-state index in [4.69, 9.17) is 13.6 Å². The molecule has 0 aliphatic carbocycles. The standard InChI is InChI=1S/C11H15O4P/c1-9-8-10(2)14-16(12,13-9)15-11-6-4-3-5-7-11/h3-7,9-10H,8H2,1-2H3/t9-,10+,16?. The summed E-state index contributed by atoms with van der Waals surface area (Å²) in [5.41, 5.74) is 0. The van der Waals surface area contributed by atoms with E-state index in [2.05, 4.69) is 0 Å². The largest absolute Gasteiger partial charge is 0.530 e. The summed E-state index contributed by atoms with van der Waals surface area (Å²) in [6, 6.07) is 8.90. The average Bonchev–Trinajstić information content (AvgIpc) is 2.15. The van der Waals surface area contributed by atoms with Crippen LogP contribution in [0.5, 0.6) is 5.75 Å². The van der Waals surface area contributed by atoms with Gasteiger partial charge in [0.1, 0.15) is 5.75 Å². The molecular weight excluding hydrogens is 227 g/mol. The van der Waals surface area contributed by atoms with Crippen LogP contribution in [0.4, 0.5) is 0 Å². The highest BCUT2D eigenvalue weighted by Gasteiger charge is 2.38. The lowest BCUT2D eigenvalue weighted by molar-refractivity contribution is 0.0217. The van der Waals surface area contributed by atoms with Crippen molar-refractivity contribution < 1.29 is 18.1 Å². The molecule has 4 nitrogen and oxygen atoms in total. The third-order valence-corrected chi connectivity index (χ3v) is 3.91. The highest BCUT2D eigenvalue weighted by Crippen LogP contribution is 2.54. The summed E-state index contributed by atoms with van der Waals surface area (Å²) >= 11 is 0. The van der Waals surface area contributed by atoms with Gasteiger partial charge in [-0.15, -0.1) is 0 Å². The highest BCUT2D eigenvalue weighted by atomic mass is 31.2. The molecule has 1 fully saturated rings. The fourth-order valence-corrected chi connectivity index (χ4v) is 3.24. The molecule has 0 spiro atoms. The van der Waals surface area contributed by atoms with Crippen molar-refractivity contribution in [2.45, 2.75) is 32.5 Å². The molecule has 1 aromatic carbocycles. The van der Waals surface area contributed by atoms with Gasteiger partial charge in [-0.3, -0.25) is 9.05 Å². The molecule has 0 radical (unpaired) electrons. The first-order chi connectivity index (χ1) is 7.57. The van der Waals surface area contributed by atoms with E-state index in [0.717, 1.165) is 6.42 Å². The van der Waals surface area contributed by atoms with Crippen molar-refractivity contribution in [1.29, 1.82) is 0 Å². The zero-order chi connectivity index (χ0) is 11.6. The number of phosphoric acid groups is 1. The lowest BCUT2D eigenvalue weighted by atomic mass is 10.2. The Morgan fingerprint density at radius 3 is 2.31 bits per heavy atom. The third kappa shape index (κ3) is 2.85. The van der Waals surface area contributed by atoms with E-state index < -0.39 is 7.82 Å². The van der Waals surface area contributed by atoms with Gasteiger partial charge in [0, 0.05) is 6.42 Å². The molecular formula is C11H15O4P. The number of hydrogen-bond donors (Lipinski definition) is 0. The molecule has 0 N–H and O–H groups in total. The van der Waals surface area contributed by atoms with Crippen molar-refractivity contribution in [2.24, 2.45) is 0 Å². The minimum Gasteiger partial charge on any atom is -0.404 e. The second-order valence-electron chi connectivity index (χ2n) is 3.92. The molecule has 5 heteroatoms. The molecule has 1 aromatic rings. The Kier molecular flexibility index (Phi) is 3.33. The van der Waals surface area contributed by atoms with Gasteiger partial charge >= 0.3 is 7.82 Å². The lowest BCUT2D eigenvalue weighted by Gasteiger charge is -2.30. The predicted octanol–water partition coefficient (Wildman–Crippen LogP) is 3.39. The summed E-state index contributed by atoms with van der Waals surface area (Å²) < 4.78 is 28.0. The molecule has 0 saturated carbocycles. The van der Waals surface area contributed by atoms with Gasteiger partial charge in [0.15, 0.2) is 0 Å². The molecule has 1 saturated heterocycles. The number of phosphoric ester groups is 1. The van der Waals surface area contributed by atoms with Gasteiger partial charge in [0.25, 0.3) is 0 Å². The average molecular weight is 242 g/mol. The fourth-order valence-electron chi connectivity index (χ4n) is 1.67. The summed E-state index contributed by atoms with van der Waals surface area (Å²) in [7, 11) is -3.45. The van der Waals surface area contributed by atoms with Gasteiger partial charge in [0.05, 0.1) is 12.2 Å². The molecule has 1 heterocycles. The van der Waals surface area contributed by atoms with Crippen LogP contribution in [0.1, 0.15) is 20.3 Å². The minimum atomic E-state index is -3.45. The molecule has 1 unspecified atom stereocenters. The van der Waals surface area contributed by atoms with Crippen LogP contribution in [-0.4, -0.2) is 12.2 Å². The van der Waals surface area contributed by atoms with Crippen molar-refractivity contribution in [2.75, 3.05) is 0 Å². The van der Waals surface area contributed by atoms with Gasteiger partial charge in [-0.05, 0) is 26.0 Å². The zero-order valence-corrected chi connectivity index (χ0v) is 10.2. The normalized spacial score (nSPS) is 34.6. The maximum absolute atomic E-state index is 12.2. The molecule has 1 aliphatic rings. The van der Waals surface area contributed by atoms with Crippen LogP contribution in [0.3, 0.4) is 0 Å². The van der Waals surface area contributed by atoms with Crippen molar-refractivity contribution in [3.05, 3.63) is 30.3 Å². The molecule has 2 rings (SSSR count).